The van der Waals surface area contributed by atoms with Gasteiger partial charge in [0.2, 0.25) is 0 Å². The third-order valence-corrected chi connectivity index (χ3v) is 3.43. The van der Waals surface area contributed by atoms with Crippen molar-refractivity contribution in [3.05, 3.63) is 11.8 Å². The van der Waals surface area contributed by atoms with Crippen LogP contribution in [-0.2, 0) is 0 Å². The molecule has 6 nitrogen and oxygen atoms in total. The molecule has 1 fully saturated rings. The number of piperazine rings is 1. The molecule has 0 bridgehead atoms. The van der Waals surface area contributed by atoms with Crippen molar-refractivity contribution < 1.29 is 4.79 Å². The number of hydrogen-bond acceptors (Lipinski definition) is 4. The lowest BCUT2D eigenvalue weighted by molar-refractivity contribution is 0.0307. The molecular weight excluding hydrogens is 218 g/mol. The molecule has 0 spiro atoms. The van der Waals surface area contributed by atoms with Crippen LogP contribution in [0.3, 0.4) is 0 Å². The van der Waals surface area contributed by atoms with E-state index in [9.17, 15) is 4.79 Å². The summed E-state index contributed by atoms with van der Waals surface area (Å²) < 4.78 is 0. The molecule has 0 atom stereocenters. The molecule has 0 unspecified atom stereocenters. The lowest BCUT2D eigenvalue weighted by atomic mass is 9.99. The number of anilines is 1. The van der Waals surface area contributed by atoms with Crippen LogP contribution in [0, 0.1) is 0 Å². The van der Waals surface area contributed by atoms with Gasteiger partial charge < -0.3 is 10.6 Å². The van der Waals surface area contributed by atoms with Crippen LogP contribution in [0.5, 0.6) is 0 Å². The third-order valence-electron chi connectivity index (χ3n) is 3.43. The number of aromatic nitrogens is 2. The predicted molar refractivity (Wildman–Crippen MR) is 65.6 cm³/mol. The molecule has 0 aliphatic carbocycles. The molecule has 0 aromatic carbocycles. The van der Waals surface area contributed by atoms with E-state index in [1.807, 2.05) is 4.90 Å². The largest absolute Gasteiger partial charge is 0.382 e. The van der Waals surface area contributed by atoms with Gasteiger partial charge in [0.25, 0.3) is 5.91 Å². The quantitative estimate of drug-likeness (QED) is 0.729. The lowest BCUT2D eigenvalue weighted by Crippen LogP contribution is -2.58. The van der Waals surface area contributed by atoms with Gasteiger partial charge >= 0.3 is 0 Å². The predicted octanol–water partition coefficient (Wildman–Crippen LogP) is 0.158. The van der Waals surface area contributed by atoms with Crippen molar-refractivity contribution >= 4 is 11.7 Å². The van der Waals surface area contributed by atoms with E-state index in [1.54, 1.807) is 6.07 Å². The maximum atomic E-state index is 12.2. The number of nitrogens with one attached hydrogen (secondary N) is 1. The molecule has 2 rings (SSSR count). The Bertz CT molecular complexity index is 425. The summed E-state index contributed by atoms with van der Waals surface area (Å²) in [5, 5.41) is 6.44. The first-order valence-electron chi connectivity index (χ1n) is 5.71. The van der Waals surface area contributed by atoms with Crippen molar-refractivity contribution in [2.75, 3.05) is 32.4 Å². The molecule has 3 N–H and O–H groups in total. The minimum Gasteiger partial charge on any atom is -0.382 e. The zero-order valence-corrected chi connectivity index (χ0v) is 10.5. The second-order valence-corrected chi connectivity index (χ2v) is 5.17. The number of likely N-dealkylation sites (N-methyl/N-ethyl adjacent to an activating group) is 1. The van der Waals surface area contributed by atoms with Gasteiger partial charge in [-0.1, -0.05) is 0 Å². The van der Waals surface area contributed by atoms with E-state index < -0.39 is 0 Å². The number of nitrogens with zero attached hydrogens (tertiary/aromatic N) is 3. The topological polar surface area (TPSA) is 78.2 Å². The van der Waals surface area contributed by atoms with Crippen LogP contribution in [0.1, 0.15) is 24.3 Å². The Morgan fingerprint density at radius 1 is 1.53 bits per heavy atom. The Labute approximate surface area is 101 Å². The minimum absolute atomic E-state index is 0.000520. The van der Waals surface area contributed by atoms with Crippen LogP contribution in [0.15, 0.2) is 6.07 Å². The van der Waals surface area contributed by atoms with Gasteiger partial charge in [-0.25, -0.2) is 0 Å². The highest BCUT2D eigenvalue weighted by Crippen LogP contribution is 2.20. The molecule has 1 aliphatic rings. The zero-order chi connectivity index (χ0) is 12.6. The molecule has 1 saturated heterocycles. The van der Waals surface area contributed by atoms with Crippen molar-refractivity contribution in [2.24, 2.45) is 0 Å². The fraction of sp³-hybridized carbons (Fsp3) is 0.636. The van der Waals surface area contributed by atoms with E-state index in [2.05, 4.69) is 36.0 Å². The van der Waals surface area contributed by atoms with Crippen LogP contribution in [0.25, 0.3) is 0 Å². The molecule has 1 aromatic heterocycles. The molecular formula is C11H19N5O. The molecule has 1 aliphatic heterocycles. The van der Waals surface area contributed by atoms with Gasteiger partial charge in [0, 0.05) is 31.2 Å². The summed E-state index contributed by atoms with van der Waals surface area (Å²) in [4.78, 5) is 16.3. The second-order valence-electron chi connectivity index (χ2n) is 5.17. The van der Waals surface area contributed by atoms with Gasteiger partial charge in [-0.3, -0.25) is 14.8 Å². The standard InChI is InChI=1S/C11H19N5O/c1-11(2)7-16(5-4-15(11)3)10(17)8-6-9(12)14-13-8/h6H,4-5,7H2,1-3H3,(H3,12,13,14). The van der Waals surface area contributed by atoms with Crippen molar-refractivity contribution in [2.45, 2.75) is 19.4 Å². The fourth-order valence-corrected chi connectivity index (χ4v) is 2.03. The number of nitrogens with two attached hydrogens (primary N) is 1. The molecule has 0 radical (unpaired) electrons. The number of amides is 1. The van der Waals surface area contributed by atoms with Crippen molar-refractivity contribution in [1.29, 1.82) is 0 Å². The van der Waals surface area contributed by atoms with Crippen LogP contribution in [-0.4, -0.2) is 58.1 Å². The molecule has 1 aromatic rings. The average Bonchev–Trinajstić information content (AvgIpc) is 2.68. The lowest BCUT2D eigenvalue weighted by Gasteiger charge is -2.45. The van der Waals surface area contributed by atoms with Gasteiger partial charge in [-0.05, 0) is 20.9 Å². The van der Waals surface area contributed by atoms with E-state index in [1.165, 1.54) is 0 Å². The van der Waals surface area contributed by atoms with Crippen LogP contribution in [0.2, 0.25) is 0 Å². The molecule has 1 amide bonds. The summed E-state index contributed by atoms with van der Waals surface area (Å²) in [6.07, 6.45) is 0. The van der Waals surface area contributed by atoms with Crippen LogP contribution >= 0.6 is 0 Å². The number of hydrogen-bond donors (Lipinski definition) is 2. The first-order valence-corrected chi connectivity index (χ1v) is 5.71. The first kappa shape index (κ1) is 11.9. The van der Waals surface area contributed by atoms with E-state index in [0.29, 0.717) is 18.1 Å². The Balaban J connectivity index is 2.11. The highest BCUT2D eigenvalue weighted by Gasteiger charge is 2.33. The SMILES string of the molecule is CN1CCN(C(=O)c2cc(N)n[nH]2)CC1(C)C. The van der Waals surface area contributed by atoms with Crippen LogP contribution < -0.4 is 5.73 Å². The van der Waals surface area contributed by atoms with Gasteiger partial charge in [0.05, 0.1) is 0 Å². The van der Waals surface area contributed by atoms with Crippen molar-refractivity contribution in [3.63, 3.8) is 0 Å². The van der Waals surface area contributed by atoms with Gasteiger partial charge in [-0.2, -0.15) is 5.10 Å². The zero-order valence-electron chi connectivity index (χ0n) is 10.5. The first-order chi connectivity index (χ1) is 7.90. The second kappa shape index (κ2) is 4.03. The molecule has 6 heteroatoms. The number of H-pyrrole nitrogens is 1. The summed E-state index contributed by atoms with van der Waals surface area (Å²) in [5.41, 5.74) is 5.96. The number of carbonyl (C=O) groups is 1. The monoisotopic (exact) mass is 237 g/mol. The summed E-state index contributed by atoms with van der Waals surface area (Å²) in [5.74, 6) is 0.317. The maximum absolute atomic E-state index is 12.2. The fourth-order valence-electron chi connectivity index (χ4n) is 2.03. The Hall–Kier alpha value is -1.56. The molecule has 17 heavy (non-hydrogen) atoms. The number of nitrogen functional groups attached to an aromatic ring is 1. The Kier molecular flexibility index (Phi) is 2.82. The van der Waals surface area contributed by atoms with Gasteiger partial charge in [0.1, 0.15) is 11.5 Å². The van der Waals surface area contributed by atoms with E-state index in [-0.39, 0.29) is 11.4 Å². The van der Waals surface area contributed by atoms with Crippen LogP contribution in [0.4, 0.5) is 5.82 Å². The van der Waals surface area contributed by atoms with Crippen molar-refractivity contribution in [1.82, 2.24) is 20.0 Å². The van der Waals surface area contributed by atoms with E-state index in [0.717, 1.165) is 13.1 Å². The van der Waals surface area contributed by atoms with E-state index in [4.69, 9.17) is 5.73 Å². The summed E-state index contributed by atoms with van der Waals surface area (Å²) >= 11 is 0. The molecule has 94 valence electrons. The summed E-state index contributed by atoms with van der Waals surface area (Å²) in [7, 11) is 2.08. The summed E-state index contributed by atoms with van der Waals surface area (Å²) in [6, 6.07) is 1.58. The minimum atomic E-state index is -0.0321. The normalized spacial score (nSPS) is 20.5. The Morgan fingerprint density at radius 2 is 2.24 bits per heavy atom. The molecule has 0 saturated carbocycles. The highest BCUT2D eigenvalue weighted by molar-refractivity contribution is 5.93. The number of carbonyl (C=O) groups excluding carboxylic acids is 1. The number of aromatic amines is 1. The third kappa shape index (κ3) is 2.26. The van der Waals surface area contributed by atoms with E-state index >= 15 is 0 Å². The van der Waals surface area contributed by atoms with Gasteiger partial charge in [0.15, 0.2) is 0 Å². The average molecular weight is 237 g/mol. The highest BCUT2D eigenvalue weighted by atomic mass is 16.2. The summed E-state index contributed by atoms with van der Waals surface area (Å²) in [6.45, 7) is 6.59. The maximum Gasteiger partial charge on any atom is 0.272 e. The van der Waals surface area contributed by atoms with Crippen molar-refractivity contribution in [3.8, 4) is 0 Å². The molecule has 2 heterocycles. The Morgan fingerprint density at radius 3 is 2.76 bits per heavy atom. The number of rotatable bonds is 1. The van der Waals surface area contributed by atoms with Gasteiger partial charge in [-0.15, -0.1) is 0 Å². The smallest absolute Gasteiger partial charge is 0.272 e.